The number of hydrogen-bond donors (Lipinski definition) is 1. The lowest BCUT2D eigenvalue weighted by molar-refractivity contribution is -0.122. The molecule has 1 aliphatic heterocycles. The summed E-state index contributed by atoms with van der Waals surface area (Å²) >= 11 is 11.3. The van der Waals surface area contributed by atoms with Gasteiger partial charge in [0.1, 0.15) is 11.3 Å². The van der Waals surface area contributed by atoms with Gasteiger partial charge in [-0.1, -0.05) is 17.7 Å². The third kappa shape index (κ3) is 2.78. The van der Waals surface area contributed by atoms with Crippen LogP contribution in [0.3, 0.4) is 0 Å². The Bertz CT molecular complexity index is 843. The Morgan fingerprint density at radius 2 is 2.04 bits per heavy atom. The van der Waals surface area contributed by atoms with Gasteiger partial charge in [0.05, 0.1) is 12.0 Å². The van der Waals surface area contributed by atoms with Gasteiger partial charge in [0, 0.05) is 5.02 Å². The number of benzene rings is 1. The van der Waals surface area contributed by atoms with Gasteiger partial charge < -0.3 is 4.42 Å². The third-order valence-electron chi connectivity index (χ3n) is 3.41. The number of nitrogens with zero attached hydrogens (tertiary/aromatic N) is 1. The van der Waals surface area contributed by atoms with Gasteiger partial charge in [-0.25, -0.2) is 0 Å². The lowest BCUT2D eigenvalue weighted by Gasteiger charge is -2.30. The molecule has 0 unspecified atom stereocenters. The van der Waals surface area contributed by atoms with Gasteiger partial charge in [-0.15, -0.1) is 0 Å². The fourth-order valence-electron chi connectivity index (χ4n) is 2.23. The number of anilines is 1. The minimum Gasteiger partial charge on any atom is -0.465 e. The van der Waals surface area contributed by atoms with E-state index in [4.69, 9.17) is 28.2 Å². The lowest BCUT2D eigenvalue weighted by atomic mass is 10.1. The van der Waals surface area contributed by atoms with Crippen LogP contribution in [0.1, 0.15) is 11.3 Å². The van der Waals surface area contributed by atoms with Gasteiger partial charge in [0.25, 0.3) is 11.8 Å². The number of amides is 2. The second-order valence-electron chi connectivity index (χ2n) is 4.86. The van der Waals surface area contributed by atoms with Gasteiger partial charge >= 0.3 is 0 Å². The fourth-order valence-corrected chi connectivity index (χ4v) is 2.67. The summed E-state index contributed by atoms with van der Waals surface area (Å²) in [6.07, 6.45) is 2.84. The van der Waals surface area contributed by atoms with Gasteiger partial charge in [-0.2, -0.15) is 0 Å². The molecule has 0 aliphatic carbocycles. The Morgan fingerprint density at radius 1 is 1.26 bits per heavy atom. The molecule has 1 N–H and O–H groups in total. The van der Waals surface area contributed by atoms with Gasteiger partial charge in [0.2, 0.25) is 0 Å². The normalized spacial score (nSPS) is 16.9. The first-order valence-corrected chi connectivity index (χ1v) is 7.47. The van der Waals surface area contributed by atoms with Gasteiger partial charge in [-0.3, -0.25) is 19.8 Å². The summed E-state index contributed by atoms with van der Waals surface area (Å²) in [5, 5.41) is 3.03. The minimum atomic E-state index is -0.563. The van der Waals surface area contributed by atoms with Crippen molar-refractivity contribution in [3.05, 3.63) is 58.5 Å². The average molecular weight is 347 g/mol. The zero-order chi connectivity index (χ0) is 16.6. The molecule has 0 radical (unpaired) electrons. The van der Waals surface area contributed by atoms with E-state index in [0.29, 0.717) is 22.0 Å². The van der Waals surface area contributed by atoms with Crippen molar-refractivity contribution in [3.63, 3.8) is 0 Å². The highest BCUT2D eigenvalue weighted by atomic mass is 35.5. The fraction of sp³-hybridized carbons (Fsp3) is 0.0625. The van der Waals surface area contributed by atoms with E-state index in [0.717, 1.165) is 0 Å². The molecule has 3 rings (SSSR count). The molecule has 1 aliphatic rings. The van der Waals surface area contributed by atoms with E-state index in [1.54, 1.807) is 37.3 Å². The van der Waals surface area contributed by atoms with Crippen molar-refractivity contribution in [2.24, 2.45) is 0 Å². The molecule has 2 amide bonds. The van der Waals surface area contributed by atoms with Crippen LogP contribution in [0.4, 0.5) is 5.69 Å². The Hall–Kier alpha value is -2.44. The summed E-state index contributed by atoms with van der Waals surface area (Å²) in [4.78, 5) is 26.1. The number of hydrogen-bond acceptors (Lipinski definition) is 4. The first kappa shape index (κ1) is 15.5. The molecular formula is C16H11ClN2O3S. The summed E-state index contributed by atoms with van der Waals surface area (Å²) < 4.78 is 5.16. The van der Waals surface area contributed by atoms with Crippen LogP contribution in [0.5, 0.6) is 0 Å². The van der Waals surface area contributed by atoms with Crippen molar-refractivity contribution in [2.45, 2.75) is 6.92 Å². The zero-order valence-corrected chi connectivity index (χ0v) is 13.6. The molecule has 23 heavy (non-hydrogen) atoms. The highest BCUT2D eigenvalue weighted by molar-refractivity contribution is 7.80. The number of halogens is 1. The van der Waals surface area contributed by atoms with Crippen LogP contribution in [0.2, 0.25) is 5.02 Å². The van der Waals surface area contributed by atoms with E-state index in [2.05, 4.69) is 5.32 Å². The number of carbonyl (C=O) groups is 2. The third-order valence-corrected chi connectivity index (χ3v) is 4.11. The number of nitrogens with one attached hydrogen (secondary N) is 1. The molecule has 0 bridgehead atoms. The topological polar surface area (TPSA) is 62.6 Å². The number of rotatable bonds is 2. The molecule has 1 saturated heterocycles. The summed E-state index contributed by atoms with van der Waals surface area (Å²) in [6.45, 7) is 1.78. The monoisotopic (exact) mass is 346 g/mol. The Labute approximate surface area is 142 Å². The molecule has 1 aromatic carbocycles. The highest BCUT2D eigenvalue weighted by Crippen LogP contribution is 2.29. The van der Waals surface area contributed by atoms with Crippen LogP contribution in [0.25, 0.3) is 6.08 Å². The molecule has 0 spiro atoms. The van der Waals surface area contributed by atoms with Crippen LogP contribution in [-0.2, 0) is 9.59 Å². The molecule has 2 aromatic rings. The van der Waals surface area contributed by atoms with E-state index < -0.39 is 11.8 Å². The van der Waals surface area contributed by atoms with E-state index >= 15 is 0 Å². The van der Waals surface area contributed by atoms with Crippen LogP contribution in [-0.4, -0.2) is 16.9 Å². The zero-order valence-electron chi connectivity index (χ0n) is 12.0. The Kier molecular flexibility index (Phi) is 4.02. The van der Waals surface area contributed by atoms with Crippen molar-refractivity contribution in [3.8, 4) is 0 Å². The van der Waals surface area contributed by atoms with E-state index in [-0.39, 0.29) is 10.7 Å². The maximum Gasteiger partial charge on any atom is 0.270 e. The molecule has 1 aromatic heterocycles. The SMILES string of the molecule is Cc1c(Cl)cccc1N1C(=O)/C(=C/c2ccco2)C(=O)NC1=S. The van der Waals surface area contributed by atoms with Crippen LogP contribution >= 0.6 is 23.8 Å². The number of furan rings is 1. The second-order valence-corrected chi connectivity index (χ2v) is 5.65. The average Bonchev–Trinajstić information content (AvgIpc) is 3.01. The Balaban J connectivity index is 2.07. The van der Waals surface area contributed by atoms with E-state index in [1.807, 2.05) is 0 Å². The van der Waals surface area contributed by atoms with Crippen LogP contribution in [0.15, 0.2) is 46.6 Å². The van der Waals surface area contributed by atoms with Gasteiger partial charge in [0.15, 0.2) is 5.11 Å². The summed E-state index contributed by atoms with van der Waals surface area (Å²) in [5.41, 5.74) is 1.16. The van der Waals surface area contributed by atoms with Crippen molar-refractivity contribution in [2.75, 3.05) is 4.90 Å². The molecule has 7 heteroatoms. The van der Waals surface area contributed by atoms with E-state index in [1.165, 1.54) is 17.2 Å². The molecule has 2 heterocycles. The first-order chi connectivity index (χ1) is 11.0. The predicted molar refractivity (Wildman–Crippen MR) is 91.1 cm³/mol. The van der Waals surface area contributed by atoms with E-state index in [9.17, 15) is 9.59 Å². The summed E-state index contributed by atoms with van der Waals surface area (Å²) in [5.74, 6) is -0.688. The molecule has 1 fully saturated rings. The highest BCUT2D eigenvalue weighted by Gasteiger charge is 2.35. The minimum absolute atomic E-state index is 0.0157. The molecule has 0 saturated carbocycles. The van der Waals surface area contributed by atoms with Crippen molar-refractivity contribution >= 4 is 52.5 Å². The largest absolute Gasteiger partial charge is 0.465 e. The standard InChI is InChI=1S/C16H11ClN2O3S/c1-9-12(17)5-2-6-13(9)19-15(21)11(14(20)18-16(19)23)8-10-4-3-7-22-10/h2-8H,1H3,(H,18,20,23)/b11-8+. The molecule has 5 nitrogen and oxygen atoms in total. The molecular weight excluding hydrogens is 336 g/mol. The predicted octanol–water partition coefficient (Wildman–Crippen LogP) is 3.07. The van der Waals surface area contributed by atoms with Crippen LogP contribution < -0.4 is 10.2 Å². The summed E-state index contributed by atoms with van der Waals surface area (Å²) in [7, 11) is 0. The number of thiocarbonyl (C=S) groups is 1. The summed E-state index contributed by atoms with van der Waals surface area (Å²) in [6, 6.07) is 8.47. The second kappa shape index (κ2) is 5.98. The first-order valence-electron chi connectivity index (χ1n) is 6.69. The van der Waals surface area contributed by atoms with Crippen molar-refractivity contribution in [1.82, 2.24) is 5.32 Å². The Morgan fingerprint density at radius 3 is 2.74 bits per heavy atom. The maximum absolute atomic E-state index is 12.8. The smallest absolute Gasteiger partial charge is 0.270 e. The quantitative estimate of drug-likeness (QED) is 0.515. The van der Waals surface area contributed by atoms with Gasteiger partial charge in [-0.05, 0) is 55.0 Å². The van der Waals surface area contributed by atoms with Crippen LogP contribution in [0, 0.1) is 6.92 Å². The molecule has 116 valence electrons. The maximum atomic E-state index is 12.8. The number of carbonyl (C=O) groups excluding carboxylic acids is 2. The lowest BCUT2D eigenvalue weighted by Crippen LogP contribution is -2.54. The van der Waals surface area contributed by atoms with Crippen molar-refractivity contribution in [1.29, 1.82) is 0 Å². The molecule has 0 atom stereocenters. The van der Waals surface area contributed by atoms with Crippen molar-refractivity contribution < 1.29 is 14.0 Å².